The molecule has 0 saturated carbocycles. The summed E-state index contributed by atoms with van der Waals surface area (Å²) in [4.78, 5) is 14.0. The Morgan fingerprint density at radius 2 is 1.96 bits per heavy atom. The van der Waals surface area contributed by atoms with Crippen LogP contribution in [-0.4, -0.2) is 69.8 Å². The molecule has 7 nitrogen and oxygen atoms in total. The molecule has 1 amide bonds. The van der Waals surface area contributed by atoms with Gasteiger partial charge in [0, 0.05) is 39.3 Å². The van der Waals surface area contributed by atoms with E-state index in [4.69, 9.17) is 16.3 Å². The average molecular weight is 402 g/mol. The molecule has 2 aliphatic rings. The highest BCUT2D eigenvalue weighted by molar-refractivity contribution is 7.89. The Kier molecular flexibility index (Phi) is 6.39. The van der Waals surface area contributed by atoms with E-state index in [9.17, 15) is 13.2 Å². The van der Waals surface area contributed by atoms with Crippen molar-refractivity contribution < 1.29 is 17.9 Å². The topological polar surface area (TPSA) is 79.0 Å². The van der Waals surface area contributed by atoms with Gasteiger partial charge in [-0.3, -0.25) is 4.79 Å². The van der Waals surface area contributed by atoms with E-state index in [1.54, 1.807) is 0 Å². The number of benzene rings is 1. The molecule has 1 atom stereocenters. The molecule has 9 heteroatoms. The van der Waals surface area contributed by atoms with E-state index in [2.05, 4.69) is 10.2 Å². The van der Waals surface area contributed by atoms with Crippen molar-refractivity contribution in [1.82, 2.24) is 9.62 Å². The molecule has 0 radical (unpaired) electrons. The Hall–Kier alpha value is -1.35. The summed E-state index contributed by atoms with van der Waals surface area (Å²) in [5.41, 5.74) is 0.926. The van der Waals surface area contributed by atoms with Crippen molar-refractivity contribution in [3.63, 3.8) is 0 Å². The average Bonchev–Trinajstić information content (AvgIpc) is 3.17. The summed E-state index contributed by atoms with van der Waals surface area (Å²) in [7, 11) is -3.40. The molecule has 2 heterocycles. The SMILES string of the molecule is O=C(NCCS(=O)(=O)N1CCN(c2ccccc2Cl)CC1)C1CCCO1. The van der Waals surface area contributed by atoms with Gasteiger partial charge < -0.3 is 15.0 Å². The van der Waals surface area contributed by atoms with Crippen molar-refractivity contribution in [1.29, 1.82) is 0 Å². The molecule has 1 unspecified atom stereocenters. The first-order valence-corrected chi connectivity index (χ1v) is 10.8. The number of anilines is 1. The lowest BCUT2D eigenvalue weighted by Gasteiger charge is -2.35. The van der Waals surface area contributed by atoms with Crippen molar-refractivity contribution in [3.8, 4) is 0 Å². The van der Waals surface area contributed by atoms with Crippen LogP contribution in [0.4, 0.5) is 5.69 Å². The lowest BCUT2D eigenvalue weighted by molar-refractivity contribution is -0.129. The summed E-state index contributed by atoms with van der Waals surface area (Å²) in [5, 5.41) is 3.33. The fraction of sp³-hybridized carbons (Fsp3) is 0.588. The van der Waals surface area contributed by atoms with Gasteiger partial charge in [0.2, 0.25) is 15.9 Å². The fourth-order valence-electron chi connectivity index (χ4n) is 3.25. The Morgan fingerprint density at radius 1 is 1.23 bits per heavy atom. The van der Waals surface area contributed by atoms with Gasteiger partial charge in [-0.05, 0) is 25.0 Å². The molecule has 0 bridgehead atoms. The third-order valence-electron chi connectivity index (χ3n) is 4.71. The number of piperazine rings is 1. The number of nitrogens with zero attached hydrogens (tertiary/aromatic N) is 2. The van der Waals surface area contributed by atoms with Gasteiger partial charge in [-0.2, -0.15) is 4.31 Å². The fourth-order valence-corrected chi connectivity index (χ4v) is 4.84. The van der Waals surface area contributed by atoms with Crippen LogP contribution in [0.1, 0.15) is 12.8 Å². The molecule has 0 aromatic heterocycles. The summed E-state index contributed by atoms with van der Waals surface area (Å²) in [6.07, 6.45) is 1.13. The molecule has 2 saturated heterocycles. The molecule has 1 aromatic carbocycles. The predicted octanol–water partition coefficient (Wildman–Crippen LogP) is 1.09. The lowest BCUT2D eigenvalue weighted by atomic mass is 10.2. The zero-order chi connectivity index (χ0) is 18.6. The molecule has 144 valence electrons. The van der Waals surface area contributed by atoms with Gasteiger partial charge in [0.15, 0.2) is 0 Å². The molecule has 2 aliphatic heterocycles. The number of para-hydroxylation sites is 1. The maximum Gasteiger partial charge on any atom is 0.249 e. The maximum absolute atomic E-state index is 12.5. The first-order chi connectivity index (χ1) is 12.5. The van der Waals surface area contributed by atoms with Gasteiger partial charge in [-0.25, -0.2) is 8.42 Å². The van der Waals surface area contributed by atoms with Gasteiger partial charge in [0.25, 0.3) is 0 Å². The van der Waals surface area contributed by atoms with E-state index in [1.807, 2.05) is 24.3 Å². The number of carbonyl (C=O) groups is 1. The summed E-state index contributed by atoms with van der Waals surface area (Å²) < 4.78 is 31.8. The minimum atomic E-state index is -3.40. The van der Waals surface area contributed by atoms with Gasteiger partial charge in [-0.15, -0.1) is 0 Å². The van der Waals surface area contributed by atoms with Gasteiger partial charge in [0.05, 0.1) is 16.5 Å². The minimum Gasteiger partial charge on any atom is -0.368 e. The predicted molar refractivity (Wildman–Crippen MR) is 101 cm³/mol. The van der Waals surface area contributed by atoms with E-state index in [0.717, 1.165) is 12.1 Å². The minimum absolute atomic E-state index is 0.0996. The maximum atomic E-state index is 12.5. The third kappa shape index (κ3) is 4.68. The molecular formula is C17H24ClN3O4S. The molecule has 0 spiro atoms. The van der Waals surface area contributed by atoms with Gasteiger partial charge >= 0.3 is 0 Å². The summed E-state index contributed by atoms with van der Waals surface area (Å²) in [5.74, 6) is -0.321. The number of hydrogen-bond acceptors (Lipinski definition) is 5. The van der Waals surface area contributed by atoms with Crippen molar-refractivity contribution >= 4 is 33.2 Å². The van der Waals surface area contributed by atoms with E-state index in [0.29, 0.717) is 44.2 Å². The first kappa shape index (κ1) is 19.4. The zero-order valence-electron chi connectivity index (χ0n) is 14.6. The smallest absolute Gasteiger partial charge is 0.249 e. The van der Waals surface area contributed by atoms with Gasteiger partial charge in [-0.1, -0.05) is 23.7 Å². The standard InChI is InChI=1S/C17H24ClN3O4S/c18-14-4-1-2-5-15(14)20-8-10-21(11-9-20)26(23,24)13-7-19-17(22)16-6-3-12-25-16/h1-2,4-5,16H,3,6-13H2,(H,19,22). The van der Waals surface area contributed by atoms with Crippen LogP contribution in [-0.2, 0) is 19.6 Å². The van der Waals surface area contributed by atoms with Crippen LogP contribution in [0.3, 0.4) is 0 Å². The highest BCUT2D eigenvalue weighted by Gasteiger charge is 2.28. The van der Waals surface area contributed by atoms with E-state index < -0.39 is 16.1 Å². The highest BCUT2D eigenvalue weighted by Crippen LogP contribution is 2.26. The number of rotatable bonds is 6. The Bertz CT molecular complexity index is 729. The quantitative estimate of drug-likeness (QED) is 0.771. The number of hydrogen-bond donors (Lipinski definition) is 1. The molecule has 1 aromatic rings. The Labute approximate surface area is 159 Å². The van der Waals surface area contributed by atoms with E-state index in [-0.39, 0.29) is 18.2 Å². The van der Waals surface area contributed by atoms with E-state index >= 15 is 0 Å². The number of sulfonamides is 1. The van der Waals surface area contributed by atoms with Crippen LogP contribution in [0.15, 0.2) is 24.3 Å². The number of amides is 1. The lowest BCUT2D eigenvalue weighted by Crippen LogP contribution is -2.50. The number of nitrogens with one attached hydrogen (secondary N) is 1. The Balaban J connectivity index is 1.47. The summed E-state index contributed by atoms with van der Waals surface area (Å²) in [6, 6.07) is 7.56. The molecular weight excluding hydrogens is 378 g/mol. The number of ether oxygens (including phenoxy) is 1. The summed E-state index contributed by atoms with van der Waals surface area (Å²) in [6.45, 7) is 2.69. The number of carbonyl (C=O) groups excluding carboxylic acids is 1. The van der Waals surface area contributed by atoms with Crippen molar-refractivity contribution in [2.75, 3.05) is 50.0 Å². The second-order valence-electron chi connectivity index (χ2n) is 6.45. The largest absolute Gasteiger partial charge is 0.368 e. The molecule has 1 N–H and O–H groups in total. The highest BCUT2D eigenvalue weighted by atomic mass is 35.5. The Morgan fingerprint density at radius 3 is 2.62 bits per heavy atom. The zero-order valence-corrected chi connectivity index (χ0v) is 16.1. The molecule has 3 rings (SSSR count). The second kappa shape index (κ2) is 8.56. The van der Waals surface area contributed by atoms with E-state index in [1.165, 1.54) is 4.31 Å². The summed E-state index contributed by atoms with van der Waals surface area (Å²) >= 11 is 6.21. The number of halogens is 1. The second-order valence-corrected chi connectivity index (χ2v) is 8.94. The van der Waals surface area contributed by atoms with Crippen LogP contribution < -0.4 is 10.2 Å². The first-order valence-electron chi connectivity index (χ1n) is 8.84. The van der Waals surface area contributed by atoms with Crippen LogP contribution in [0.25, 0.3) is 0 Å². The van der Waals surface area contributed by atoms with Crippen molar-refractivity contribution in [2.45, 2.75) is 18.9 Å². The van der Waals surface area contributed by atoms with Crippen LogP contribution in [0.5, 0.6) is 0 Å². The van der Waals surface area contributed by atoms with Crippen molar-refractivity contribution in [3.05, 3.63) is 29.3 Å². The van der Waals surface area contributed by atoms with Crippen LogP contribution in [0.2, 0.25) is 5.02 Å². The van der Waals surface area contributed by atoms with Gasteiger partial charge in [0.1, 0.15) is 6.10 Å². The molecule has 26 heavy (non-hydrogen) atoms. The van der Waals surface area contributed by atoms with Crippen LogP contribution in [0, 0.1) is 0 Å². The third-order valence-corrected chi connectivity index (χ3v) is 6.90. The van der Waals surface area contributed by atoms with Crippen LogP contribution >= 0.6 is 11.6 Å². The molecule has 2 fully saturated rings. The van der Waals surface area contributed by atoms with Crippen molar-refractivity contribution in [2.24, 2.45) is 0 Å². The monoisotopic (exact) mass is 401 g/mol. The molecule has 0 aliphatic carbocycles. The normalized spacial score (nSPS) is 21.7.